The lowest BCUT2D eigenvalue weighted by molar-refractivity contribution is 0.0681. The highest BCUT2D eigenvalue weighted by Gasteiger charge is 2.34. The van der Waals surface area contributed by atoms with Gasteiger partial charge in [0.25, 0.3) is 0 Å². The predicted molar refractivity (Wildman–Crippen MR) is 77.9 cm³/mol. The molecule has 2 nitrogen and oxygen atoms in total. The van der Waals surface area contributed by atoms with E-state index in [1.165, 1.54) is 58.4 Å². The molecule has 0 amide bonds. The summed E-state index contributed by atoms with van der Waals surface area (Å²) in [6, 6.07) is 0.857. The van der Waals surface area contributed by atoms with Gasteiger partial charge < -0.3 is 0 Å². The van der Waals surface area contributed by atoms with E-state index in [1.54, 1.807) is 0 Å². The molecule has 2 aliphatic rings. The van der Waals surface area contributed by atoms with E-state index in [1.807, 2.05) is 0 Å². The maximum Gasteiger partial charge on any atom is 0.0224 e. The first-order valence-electron chi connectivity index (χ1n) is 7.30. The predicted octanol–water partition coefficient (Wildman–Crippen LogP) is 2.50. The average molecular weight is 256 g/mol. The van der Waals surface area contributed by atoms with Crippen LogP contribution in [0.4, 0.5) is 0 Å². The summed E-state index contributed by atoms with van der Waals surface area (Å²) >= 11 is 4.60. The fourth-order valence-corrected chi connectivity index (χ4v) is 3.97. The van der Waals surface area contributed by atoms with Gasteiger partial charge in [0, 0.05) is 32.2 Å². The molecule has 2 rings (SSSR count). The monoisotopic (exact) mass is 256 g/mol. The van der Waals surface area contributed by atoms with Crippen LogP contribution < -0.4 is 0 Å². The number of thiol groups is 1. The molecule has 2 aliphatic heterocycles. The van der Waals surface area contributed by atoms with E-state index in [-0.39, 0.29) is 0 Å². The van der Waals surface area contributed by atoms with Crippen molar-refractivity contribution in [3.8, 4) is 0 Å². The second-order valence-electron chi connectivity index (χ2n) is 5.93. The number of nitrogens with zero attached hydrogens (tertiary/aromatic N) is 2. The van der Waals surface area contributed by atoms with Gasteiger partial charge in [-0.3, -0.25) is 9.80 Å². The molecule has 0 aromatic rings. The van der Waals surface area contributed by atoms with E-state index >= 15 is 0 Å². The summed E-state index contributed by atoms with van der Waals surface area (Å²) in [6.07, 6.45) is 5.36. The van der Waals surface area contributed by atoms with Crippen molar-refractivity contribution in [1.29, 1.82) is 0 Å². The van der Waals surface area contributed by atoms with Crippen molar-refractivity contribution in [3.63, 3.8) is 0 Å². The lowest BCUT2D eigenvalue weighted by Gasteiger charge is -2.42. The summed E-state index contributed by atoms with van der Waals surface area (Å²) in [5.74, 6) is 1.03. The second kappa shape index (κ2) is 5.94. The third-order valence-electron chi connectivity index (χ3n) is 5.07. The van der Waals surface area contributed by atoms with E-state index in [0.717, 1.165) is 11.8 Å². The van der Waals surface area contributed by atoms with Crippen LogP contribution in [0, 0.1) is 5.41 Å². The standard InChI is InChI=1S/C14H28N2S/c1-3-14(4-2,12-17)11-15-8-9-16-7-5-6-13(16)10-15/h13,17H,3-12H2,1-2H3. The highest BCUT2D eigenvalue weighted by atomic mass is 32.1. The molecule has 0 aromatic carbocycles. The van der Waals surface area contributed by atoms with E-state index in [2.05, 4.69) is 36.3 Å². The molecule has 0 aliphatic carbocycles. The van der Waals surface area contributed by atoms with Crippen molar-refractivity contribution < 1.29 is 0 Å². The molecule has 3 heteroatoms. The van der Waals surface area contributed by atoms with Crippen molar-refractivity contribution in [2.45, 2.75) is 45.6 Å². The summed E-state index contributed by atoms with van der Waals surface area (Å²) < 4.78 is 0. The lowest BCUT2D eigenvalue weighted by atomic mass is 9.83. The van der Waals surface area contributed by atoms with Crippen molar-refractivity contribution in [2.24, 2.45) is 5.41 Å². The Morgan fingerprint density at radius 3 is 2.59 bits per heavy atom. The van der Waals surface area contributed by atoms with Crippen molar-refractivity contribution in [3.05, 3.63) is 0 Å². The molecule has 2 heterocycles. The molecule has 1 unspecified atom stereocenters. The summed E-state index contributed by atoms with van der Waals surface area (Å²) in [6.45, 7) is 11.1. The molecule has 2 saturated heterocycles. The van der Waals surface area contributed by atoms with E-state index < -0.39 is 0 Å². The normalized spacial score (nSPS) is 27.4. The molecule has 0 spiro atoms. The maximum atomic E-state index is 4.60. The Hall–Kier alpha value is 0.270. The Balaban J connectivity index is 1.90. The smallest absolute Gasteiger partial charge is 0.0224 e. The summed E-state index contributed by atoms with van der Waals surface area (Å²) in [5, 5.41) is 0. The minimum atomic E-state index is 0.448. The van der Waals surface area contributed by atoms with Gasteiger partial charge >= 0.3 is 0 Å². The average Bonchev–Trinajstić information content (AvgIpc) is 2.83. The van der Waals surface area contributed by atoms with E-state index in [4.69, 9.17) is 0 Å². The molecular formula is C14H28N2S. The zero-order valence-electron chi connectivity index (χ0n) is 11.5. The van der Waals surface area contributed by atoms with Crippen molar-refractivity contribution in [1.82, 2.24) is 9.80 Å². The number of piperazine rings is 1. The Morgan fingerprint density at radius 2 is 1.94 bits per heavy atom. The van der Waals surface area contributed by atoms with Gasteiger partial charge in [0.15, 0.2) is 0 Å². The highest BCUT2D eigenvalue weighted by Crippen LogP contribution is 2.31. The maximum absolute atomic E-state index is 4.60. The van der Waals surface area contributed by atoms with Gasteiger partial charge in [0.05, 0.1) is 0 Å². The van der Waals surface area contributed by atoms with Crippen molar-refractivity contribution in [2.75, 3.05) is 38.5 Å². The first-order chi connectivity index (χ1) is 8.23. The zero-order chi connectivity index (χ0) is 12.3. The lowest BCUT2D eigenvalue weighted by Crippen LogP contribution is -2.53. The summed E-state index contributed by atoms with van der Waals surface area (Å²) in [7, 11) is 0. The molecule has 0 radical (unpaired) electrons. The SMILES string of the molecule is CCC(CC)(CS)CN1CCN2CCCC2C1. The van der Waals surface area contributed by atoms with Gasteiger partial charge in [-0.1, -0.05) is 13.8 Å². The largest absolute Gasteiger partial charge is 0.300 e. The van der Waals surface area contributed by atoms with E-state index in [0.29, 0.717) is 5.41 Å². The van der Waals surface area contributed by atoms with Crippen LogP contribution >= 0.6 is 12.6 Å². The molecular weight excluding hydrogens is 228 g/mol. The molecule has 0 bridgehead atoms. The third-order valence-corrected chi connectivity index (χ3v) is 5.74. The van der Waals surface area contributed by atoms with Gasteiger partial charge in [-0.05, 0) is 43.4 Å². The summed E-state index contributed by atoms with van der Waals surface area (Å²) in [5.41, 5.74) is 0.448. The Bertz CT molecular complexity index is 232. The Kier molecular flexibility index (Phi) is 4.79. The van der Waals surface area contributed by atoms with Crippen molar-refractivity contribution >= 4 is 12.6 Å². The zero-order valence-corrected chi connectivity index (χ0v) is 12.4. The fourth-order valence-electron chi connectivity index (χ4n) is 3.42. The van der Waals surface area contributed by atoms with Crippen LogP contribution in [0.2, 0.25) is 0 Å². The summed E-state index contributed by atoms with van der Waals surface area (Å²) in [4.78, 5) is 5.40. The van der Waals surface area contributed by atoms with Gasteiger partial charge in [-0.25, -0.2) is 0 Å². The Labute approximate surface area is 112 Å². The second-order valence-corrected chi connectivity index (χ2v) is 6.25. The first kappa shape index (κ1) is 13.7. The van der Waals surface area contributed by atoms with Gasteiger partial charge in [0.2, 0.25) is 0 Å². The molecule has 100 valence electrons. The number of hydrogen-bond donors (Lipinski definition) is 1. The Morgan fingerprint density at radius 1 is 1.18 bits per heavy atom. The van der Waals surface area contributed by atoms with Gasteiger partial charge in [-0.2, -0.15) is 12.6 Å². The van der Waals surface area contributed by atoms with Crippen LogP contribution in [0.3, 0.4) is 0 Å². The topological polar surface area (TPSA) is 6.48 Å². The van der Waals surface area contributed by atoms with Crippen LogP contribution in [0.15, 0.2) is 0 Å². The van der Waals surface area contributed by atoms with Crippen LogP contribution in [-0.2, 0) is 0 Å². The molecule has 0 aromatic heterocycles. The third kappa shape index (κ3) is 2.99. The number of rotatable bonds is 5. The molecule has 1 atom stereocenters. The minimum Gasteiger partial charge on any atom is -0.300 e. The molecule has 17 heavy (non-hydrogen) atoms. The van der Waals surface area contributed by atoms with E-state index in [9.17, 15) is 0 Å². The number of fused-ring (bicyclic) bond motifs is 1. The molecule has 2 fully saturated rings. The number of hydrogen-bond acceptors (Lipinski definition) is 3. The molecule has 0 saturated carbocycles. The quantitative estimate of drug-likeness (QED) is 0.755. The minimum absolute atomic E-state index is 0.448. The van der Waals surface area contributed by atoms with Gasteiger partial charge in [-0.15, -0.1) is 0 Å². The molecule has 0 N–H and O–H groups in total. The first-order valence-corrected chi connectivity index (χ1v) is 7.93. The van der Waals surface area contributed by atoms with Crippen LogP contribution in [0.5, 0.6) is 0 Å². The fraction of sp³-hybridized carbons (Fsp3) is 1.00. The van der Waals surface area contributed by atoms with Gasteiger partial charge in [0.1, 0.15) is 0 Å². The van der Waals surface area contributed by atoms with Crippen LogP contribution in [0.1, 0.15) is 39.5 Å². The van der Waals surface area contributed by atoms with Crippen LogP contribution in [0.25, 0.3) is 0 Å². The highest BCUT2D eigenvalue weighted by molar-refractivity contribution is 7.80. The van der Waals surface area contributed by atoms with Crippen LogP contribution in [-0.4, -0.2) is 54.3 Å².